The molecule has 1 saturated heterocycles. The number of piperidine rings is 1. The van der Waals surface area contributed by atoms with Gasteiger partial charge in [0.1, 0.15) is 18.1 Å². The average Bonchev–Trinajstić information content (AvgIpc) is 3.55. The molecule has 1 amide bonds. The molecule has 10 nitrogen and oxygen atoms in total. The van der Waals surface area contributed by atoms with Crippen molar-refractivity contribution in [2.75, 3.05) is 38.3 Å². The molecule has 0 saturated carbocycles. The minimum Gasteiger partial charge on any atom is -0.497 e. The Bertz CT molecular complexity index is 1470. The third kappa shape index (κ3) is 6.98. The number of carbonyl (C=O) groups excluding carboxylic acids is 1. The van der Waals surface area contributed by atoms with Crippen molar-refractivity contribution in [3.05, 3.63) is 72.3 Å². The van der Waals surface area contributed by atoms with Crippen LogP contribution in [0.5, 0.6) is 11.5 Å². The molecule has 3 N–H and O–H groups in total. The lowest BCUT2D eigenvalue weighted by molar-refractivity contribution is 0.0943. The zero-order valence-electron chi connectivity index (χ0n) is 23.0. The molecule has 11 heteroatoms. The van der Waals surface area contributed by atoms with Gasteiger partial charge in [0.2, 0.25) is 0 Å². The highest BCUT2D eigenvalue weighted by molar-refractivity contribution is 5.95. The van der Waals surface area contributed by atoms with Gasteiger partial charge >= 0.3 is 0 Å². The SMILES string of the molecule is COc1cc(OC[C@H](C)O)cc(C(=O)NCC2CCN(c3nc(-c4cccc(-c5cc[nH]n5)c4)ncc3F)CC2)c1. The molecule has 5 rings (SSSR count). The molecule has 0 radical (unpaired) electrons. The molecule has 1 fully saturated rings. The first-order chi connectivity index (χ1) is 19.9. The molecular weight excluding hydrogens is 527 g/mol. The van der Waals surface area contributed by atoms with Gasteiger partial charge in [-0.15, -0.1) is 0 Å². The van der Waals surface area contributed by atoms with E-state index in [4.69, 9.17) is 9.47 Å². The lowest BCUT2D eigenvalue weighted by Crippen LogP contribution is -2.39. The quantitative estimate of drug-likeness (QED) is 0.265. The molecule has 0 bridgehead atoms. The van der Waals surface area contributed by atoms with Crippen LogP contribution in [0.1, 0.15) is 30.1 Å². The Hall–Kier alpha value is -4.51. The molecular formula is C30H33FN6O4. The van der Waals surface area contributed by atoms with Crippen LogP contribution in [-0.2, 0) is 0 Å². The number of hydrogen-bond donors (Lipinski definition) is 3. The summed E-state index contributed by atoms with van der Waals surface area (Å²) in [5, 5.41) is 19.5. The highest BCUT2D eigenvalue weighted by Gasteiger charge is 2.24. The Kier molecular flexibility index (Phi) is 8.73. The summed E-state index contributed by atoms with van der Waals surface area (Å²) in [5.74, 6) is 1.20. The molecule has 0 aliphatic carbocycles. The number of carbonyl (C=O) groups is 1. The third-order valence-corrected chi connectivity index (χ3v) is 6.98. The summed E-state index contributed by atoms with van der Waals surface area (Å²) in [6.45, 7) is 3.44. The predicted octanol–water partition coefficient (Wildman–Crippen LogP) is 4.09. The molecule has 2 aromatic carbocycles. The van der Waals surface area contributed by atoms with Crippen molar-refractivity contribution in [1.82, 2.24) is 25.5 Å². The lowest BCUT2D eigenvalue weighted by Gasteiger charge is -2.33. The van der Waals surface area contributed by atoms with Crippen molar-refractivity contribution >= 4 is 11.7 Å². The second kappa shape index (κ2) is 12.8. The van der Waals surface area contributed by atoms with Crippen molar-refractivity contribution in [2.45, 2.75) is 25.9 Å². The number of hydrogen-bond acceptors (Lipinski definition) is 8. The number of H-pyrrole nitrogens is 1. The summed E-state index contributed by atoms with van der Waals surface area (Å²) in [6, 6.07) is 14.5. The first-order valence-corrected chi connectivity index (χ1v) is 13.6. The molecule has 214 valence electrons. The van der Waals surface area contributed by atoms with Crippen molar-refractivity contribution < 1.29 is 23.8 Å². The van der Waals surface area contributed by atoms with E-state index in [0.717, 1.165) is 29.7 Å². The second-order valence-electron chi connectivity index (χ2n) is 10.1. The number of rotatable bonds is 10. The zero-order valence-corrected chi connectivity index (χ0v) is 23.0. The summed E-state index contributed by atoms with van der Waals surface area (Å²) in [7, 11) is 1.52. The van der Waals surface area contributed by atoms with Gasteiger partial charge in [0, 0.05) is 48.6 Å². The van der Waals surface area contributed by atoms with Crippen LogP contribution in [0, 0.1) is 11.7 Å². The number of aliphatic hydroxyl groups is 1. The smallest absolute Gasteiger partial charge is 0.251 e. The maximum Gasteiger partial charge on any atom is 0.251 e. The predicted molar refractivity (Wildman–Crippen MR) is 152 cm³/mol. The number of aromatic amines is 1. The second-order valence-corrected chi connectivity index (χ2v) is 10.1. The van der Waals surface area contributed by atoms with Crippen molar-refractivity contribution in [1.29, 1.82) is 0 Å². The van der Waals surface area contributed by atoms with Crippen molar-refractivity contribution in [3.63, 3.8) is 0 Å². The lowest BCUT2D eigenvalue weighted by atomic mass is 9.96. The van der Waals surface area contributed by atoms with Crippen LogP contribution in [0.15, 0.2) is 60.9 Å². The van der Waals surface area contributed by atoms with E-state index in [9.17, 15) is 14.3 Å². The molecule has 4 aromatic rings. The molecule has 1 aliphatic rings. The number of aromatic nitrogens is 4. The standard InChI is InChI=1S/C30H33FN6O4/c1-19(38)18-41-25-14-23(13-24(15-25)40-2)30(39)33-16-20-7-10-37(11-8-20)29-26(31)17-32-28(35-29)22-5-3-4-21(12-22)27-6-9-34-36-27/h3-6,9,12-15,17,19-20,38H,7-8,10-11,16,18H2,1-2H3,(H,33,39)(H,34,36)/t19-/m0/s1. The maximum atomic E-state index is 14.8. The fourth-order valence-electron chi connectivity index (χ4n) is 4.77. The molecule has 3 heterocycles. The molecule has 0 spiro atoms. The highest BCUT2D eigenvalue weighted by atomic mass is 19.1. The van der Waals surface area contributed by atoms with E-state index in [1.807, 2.05) is 35.2 Å². The van der Waals surface area contributed by atoms with Gasteiger partial charge in [-0.05, 0) is 49.9 Å². The van der Waals surface area contributed by atoms with Crippen molar-refractivity contribution in [2.24, 2.45) is 5.92 Å². The van der Waals surface area contributed by atoms with Crippen LogP contribution >= 0.6 is 0 Å². The number of ether oxygens (including phenoxy) is 2. The molecule has 2 aromatic heterocycles. The van der Waals surface area contributed by atoms with Gasteiger partial charge in [0.05, 0.1) is 25.1 Å². The van der Waals surface area contributed by atoms with E-state index in [2.05, 4.69) is 25.5 Å². The number of nitrogens with one attached hydrogen (secondary N) is 2. The third-order valence-electron chi connectivity index (χ3n) is 6.98. The number of amides is 1. The van der Waals surface area contributed by atoms with Crippen LogP contribution in [0.2, 0.25) is 0 Å². The normalized spacial score (nSPS) is 14.5. The Labute approximate surface area is 237 Å². The Morgan fingerprint density at radius 3 is 2.68 bits per heavy atom. The fraction of sp³-hybridized carbons (Fsp3) is 0.333. The van der Waals surface area contributed by atoms with E-state index in [1.54, 1.807) is 31.3 Å². The minimum absolute atomic E-state index is 0.110. The van der Waals surface area contributed by atoms with E-state index in [1.165, 1.54) is 13.3 Å². The summed E-state index contributed by atoms with van der Waals surface area (Å²) in [5.41, 5.74) is 2.91. The largest absolute Gasteiger partial charge is 0.497 e. The van der Waals surface area contributed by atoms with Gasteiger partial charge in [0.15, 0.2) is 17.5 Å². The summed E-state index contributed by atoms with van der Waals surface area (Å²) in [6.07, 6.45) is 3.89. The molecule has 41 heavy (non-hydrogen) atoms. The number of nitrogens with zero attached hydrogens (tertiary/aromatic N) is 4. The number of methoxy groups -OCH3 is 1. The van der Waals surface area contributed by atoms with Gasteiger partial charge in [-0.2, -0.15) is 5.10 Å². The number of aliphatic hydroxyl groups excluding tert-OH is 1. The zero-order chi connectivity index (χ0) is 28.8. The fourth-order valence-corrected chi connectivity index (χ4v) is 4.77. The minimum atomic E-state index is -0.634. The topological polar surface area (TPSA) is 125 Å². The van der Waals surface area contributed by atoms with Crippen LogP contribution in [-0.4, -0.2) is 70.6 Å². The Morgan fingerprint density at radius 1 is 1.17 bits per heavy atom. The van der Waals surface area contributed by atoms with Crippen LogP contribution in [0.25, 0.3) is 22.6 Å². The Balaban J connectivity index is 1.19. The summed E-state index contributed by atoms with van der Waals surface area (Å²) >= 11 is 0. The molecule has 0 unspecified atom stereocenters. The van der Waals surface area contributed by atoms with E-state index < -0.39 is 11.9 Å². The van der Waals surface area contributed by atoms with Crippen molar-refractivity contribution in [3.8, 4) is 34.1 Å². The Morgan fingerprint density at radius 2 is 1.95 bits per heavy atom. The first kappa shape index (κ1) is 28.0. The van der Waals surface area contributed by atoms with Crippen LogP contribution in [0.3, 0.4) is 0 Å². The van der Waals surface area contributed by atoms with Gasteiger partial charge in [-0.25, -0.2) is 14.4 Å². The first-order valence-electron chi connectivity index (χ1n) is 13.6. The maximum absolute atomic E-state index is 14.8. The van der Waals surface area contributed by atoms with E-state index in [-0.39, 0.29) is 24.2 Å². The summed E-state index contributed by atoms with van der Waals surface area (Å²) < 4.78 is 25.7. The van der Waals surface area contributed by atoms with Gasteiger partial charge < -0.3 is 24.8 Å². The van der Waals surface area contributed by atoms with E-state index >= 15 is 0 Å². The summed E-state index contributed by atoms with van der Waals surface area (Å²) in [4.78, 5) is 23.6. The molecule has 1 aliphatic heterocycles. The van der Waals surface area contributed by atoms with Crippen LogP contribution < -0.4 is 19.7 Å². The molecule has 1 atom stereocenters. The average molecular weight is 561 g/mol. The van der Waals surface area contributed by atoms with Crippen LogP contribution in [0.4, 0.5) is 10.2 Å². The number of anilines is 1. The van der Waals surface area contributed by atoms with Gasteiger partial charge in [0.25, 0.3) is 5.91 Å². The van der Waals surface area contributed by atoms with Gasteiger partial charge in [-0.3, -0.25) is 9.89 Å². The van der Waals surface area contributed by atoms with E-state index in [0.29, 0.717) is 42.5 Å². The number of halogens is 1. The monoisotopic (exact) mass is 560 g/mol. The number of benzene rings is 2. The van der Waals surface area contributed by atoms with Gasteiger partial charge in [-0.1, -0.05) is 18.2 Å². The highest BCUT2D eigenvalue weighted by Crippen LogP contribution is 2.28.